The maximum atomic E-state index is 10.7. The molecule has 0 aliphatic carbocycles. The van der Waals surface area contributed by atoms with Gasteiger partial charge in [-0.05, 0) is 42.0 Å². The minimum absolute atomic E-state index is 0.0814. The van der Waals surface area contributed by atoms with Gasteiger partial charge in [-0.25, -0.2) is 5.32 Å². The Balaban J connectivity index is 2.21. The lowest BCUT2D eigenvalue weighted by Gasteiger charge is -2.11. The average Bonchev–Trinajstić information content (AvgIpc) is 2.59. The fourth-order valence-corrected chi connectivity index (χ4v) is 2.07. The minimum atomic E-state index is -0.407. The molecule has 0 unspecified atom stereocenters. The van der Waals surface area contributed by atoms with Gasteiger partial charge in [0, 0.05) is 26.2 Å². The molecule has 0 aromatic heterocycles. The molecular weight excluding hydrogens is 324 g/mol. The molecule has 2 aromatic carbocycles. The fraction of sp³-hybridized carbons (Fsp3) is 0.176. The molecule has 2 N–H and O–H groups in total. The van der Waals surface area contributed by atoms with Crippen LogP contribution in [-0.4, -0.2) is 34.9 Å². The zero-order valence-corrected chi connectivity index (χ0v) is 14.3. The summed E-state index contributed by atoms with van der Waals surface area (Å²) in [6, 6.07) is 16.3. The summed E-state index contributed by atoms with van der Waals surface area (Å²) in [4.78, 5) is 15.4. The second-order valence-corrected chi connectivity index (χ2v) is 5.73. The number of amidine groups is 1. The monoisotopic (exact) mass is 343 g/mol. The van der Waals surface area contributed by atoms with E-state index in [9.17, 15) is 10.1 Å². The van der Waals surface area contributed by atoms with Crippen LogP contribution in [0.2, 0.25) is 0 Å². The van der Waals surface area contributed by atoms with E-state index in [1.165, 1.54) is 12.1 Å². The summed E-state index contributed by atoms with van der Waals surface area (Å²) in [6.45, 7) is 0.519. The standard InChI is InChI=1S/C17H18N4O2S/c1-20(2)17(24)19-16(14-6-4-3-5-7-14)18-12-13-8-10-15(11-9-13)21(22)23/h3-11H,12H2,1-2H3,(H,18,19,24)/p+1. The Morgan fingerprint density at radius 1 is 1.17 bits per heavy atom. The molecule has 0 aliphatic rings. The largest absolute Gasteiger partial charge is 0.336 e. The van der Waals surface area contributed by atoms with Crippen LogP contribution in [0.5, 0.6) is 0 Å². The predicted octanol–water partition coefficient (Wildman–Crippen LogP) is 1.06. The second kappa shape index (κ2) is 8.16. The van der Waals surface area contributed by atoms with Gasteiger partial charge < -0.3 is 4.90 Å². The number of nitro benzene ring substituents is 1. The Bertz CT molecular complexity index is 743. The third-order valence-corrected chi connectivity index (χ3v) is 3.78. The molecule has 0 atom stereocenters. The lowest BCUT2D eigenvalue weighted by Crippen LogP contribution is -2.75. The van der Waals surface area contributed by atoms with Gasteiger partial charge in [-0.15, -0.1) is 0 Å². The van der Waals surface area contributed by atoms with E-state index < -0.39 is 4.92 Å². The van der Waals surface area contributed by atoms with Gasteiger partial charge in [0.2, 0.25) is 0 Å². The van der Waals surface area contributed by atoms with E-state index in [4.69, 9.17) is 12.2 Å². The molecule has 0 saturated heterocycles. The van der Waals surface area contributed by atoms with Crippen LogP contribution in [0.3, 0.4) is 0 Å². The lowest BCUT2D eigenvalue weighted by atomic mass is 10.2. The summed E-state index contributed by atoms with van der Waals surface area (Å²) in [6.07, 6.45) is 0. The Morgan fingerprint density at radius 2 is 1.79 bits per heavy atom. The first-order chi connectivity index (χ1) is 11.5. The Kier molecular flexibility index (Phi) is 5.97. The first-order valence-electron chi connectivity index (χ1n) is 7.35. The fourth-order valence-electron chi connectivity index (χ4n) is 1.97. The van der Waals surface area contributed by atoms with E-state index in [-0.39, 0.29) is 5.69 Å². The first-order valence-corrected chi connectivity index (χ1v) is 7.76. The van der Waals surface area contributed by atoms with E-state index in [0.717, 1.165) is 17.0 Å². The van der Waals surface area contributed by atoms with Gasteiger partial charge in [-0.3, -0.25) is 15.1 Å². The van der Waals surface area contributed by atoms with Crippen LogP contribution in [0, 0.1) is 10.1 Å². The second-order valence-electron chi connectivity index (χ2n) is 5.34. The van der Waals surface area contributed by atoms with Crippen molar-refractivity contribution in [3.8, 4) is 0 Å². The van der Waals surface area contributed by atoms with Crippen molar-refractivity contribution in [3.63, 3.8) is 0 Å². The number of thiocarbonyl (C=S) groups is 1. The maximum absolute atomic E-state index is 10.7. The highest BCUT2D eigenvalue weighted by Gasteiger charge is 2.14. The number of benzene rings is 2. The molecule has 124 valence electrons. The van der Waals surface area contributed by atoms with Gasteiger partial charge in [0.05, 0.1) is 10.5 Å². The van der Waals surface area contributed by atoms with Gasteiger partial charge >= 0.3 is 0 Å². The van der Waals surface area contributed by atoms with Crippen molar-refractivity contribution in [2.45, 2.75) is 6.54 Å². The van der Waals surface area contributed by atoms with Crippen molar-refractivity contribution in [3.05, 3.63) is 75.8 Å². The summed E-state index contributed by atoms with van der Waals surface area (Å²) < 4.78 is 0. The van der Waals surface area contributed by atoms with Crippen LogP contribution in [0.1, 0.15) is 11.1 Å². The molecule has 0 amide bonds. The molecule has 0 bridgehead atoms. The molecule has 7 heteroatoms. The van der Waals surface area contributed by atoms with Gasteiger partial charge in [0.1, 0.15) is 6.54 Å². The summed E-state index contributed by atoms with van der Waals surface area (Å²) in [5.74, 6) is 0.785. The molecule has 0 radical (unpaired) electrons. The van der Waals surface area contributed by atoms with E-state index in [1.54, 1.807) is 12.1 Å². The van der Waals surface area contributed by atoms with Crippen molar-refractivity contribution in [2.75, 3.05) is 14.1 Å². The predicted molar refractivity (Wildman–Crippen MR) is 97.7 cm³/mol. The SMILES string of the molecule is CN(C)C(=S)NC(=[NH+]Cc1ccc([N+](=O)[O-])cc1)c1ccccc1. The highest BCUT2D eigenvalue weighted by molar-refractivity contribution is 7.80. The molecule has 2 aromatic rings. The molecule has 0 heterocycles. The maximum Gasteiger partial charge on any atom is 0.282 e. The third-order valence-electron chi connectivity index (χ3n) is 3.32. The number of rotatable bonds is 4. The van der Waals surface area contributed by atoms with Crippen LogP contribution in [0.15, 0.2) is 54.6 Å². The highest BCUT2D eigenvalue weighted by Crippen LogP contribution is 2.10. The van der Waals surface area contributed by atoms with Crippen molar-refractivity contribution < 1.29 is 9.92 Å². The third kappa shape index (κ3) is 4.85. The first kappa shape index (κ1) is 17.6. The molecular formula is C17H19N4O2S+. The van der Waals surface area contributed by atoms with Crippen LogP contribution in [-0.2, 0) is 6.54 Å². The van der Waals surface area contributed by atoms with Gasteiger partial charge in [-0.2, -0.15) is 0 Å². The minimum Gasteiger partial charge on any atom is -0.336 e. The molecule has 24 heavy (non-hydrogen) atoms. The van der Waals surface area contributed by atoms with Crippen molar-refractivity contribution in [1.82, 2.24) is 10.2 Å². The summed E-state index contributed by atoms with van der Waals surface area (Å²) in [7, 11) is 3.74. The molecule has 0 aliphatic heterocycles. The van der Waals surface area contributed by atoms with Crippen LogP contribution >= 0.6 is 12.2 Å². The molecule has 6 nitrogen and oxygen atoms in total. The van der Waals surface area contributed by atoms with Gasteiger partial charge in [-0.1, -0.05) is 18.2 Å². The Labute approximate surface area is 146 Å². The number of nitrogens with one attached hydrogen (secondary N) is 2. The van der Waals surface area contributed by atoms with Gasteiger partial charge in [0.15, 0.2) is 0 Å². The van der Waals surface area contributed by atoms with E-state index >= 15 is 0 Å². The number of nitrogens with zero attached hydrogens (tertiary/aromatic N) is 2. The Hall–Kier alpha value is -2.80. The van der Waals surface area contributed by atoms with Crippen molar-refractivity contribution in [2.24, 2.45) is 0 Å². The quantitative estimate of drug-likeness (QED) is 0.286. The number of hydrogen-bond acceptors (Lipinski definition) is 3. The normalized spacial score (nSPS) is 11.0. The van der Waals surface area contributed by atoms with E-state index in [0.29, 0.717) is 11.7 Å². The topological polar surface area (TPSA) is 72.4 Å². The smallest absolute Gasteiger partial charge is 0.282 e. The summed E-state index contributed by atoms with van der Waals surface area (Å²) in [5.41, 5.74) is 1.99. The molecule has 0 saturated carbocycles. The lowest BCUT2D eigenvalue weighted by molar-refractivity contribution is -0.476. The van der Waals surface area contributed by atoms with Crippen molar-refractivity contribution in [1.29, 1.82) is 0 Å². The molecule has 0 spiro atoms. The van der Waals surface area contributed by atoms with Crippen LogP contribution in [0.4, 0.5) is 5.69 Å². The highest BCUT2D eigenvalue weighted by atomic mass is 32.1. The van der Waals surface area contributed by atoms with E-state index in [2.05, 4.69) is 10.3 Å². The number of hydrogen-bond donors (Lipinski definition) is 2. The number of nitro groups is 1. The zero-order valence-electron chi connectivity index (χ0n) is 13.5. The zero-order chi connectivity index (χ0) is 17.5. The Morgan fingerprint density at radius 3 is 2.33 bits per heavy atom. The van der Waals surface area contributed by atoms with E-state index in [1.807, 2.05) is 49.3 Å². The van der Waals surface area contributed by atoms with Crippen LogP contribution < -0.4 is 10.3 Å². The van der Waals surface area contributed by atoms with Gasteiger partial charge in [0.25, 0.3) is 16.6 Å². The molecule has 0 fully saturated rings. The summed E-state index contributed by atoms with van der Waals surface area (Å²) >= 11 is 5.31. The van der Waals surface area contributed by atoms with Crippen LogP contribution in [0.25, 0.3) is 0 Å². The summed E-state index contributed by atoms with van der Waals surface area (Å²) in [5, 5.41) is 14.5. The van der Waals surface area contributed by atoms with Crippen molar-refractivity contribution >= 4 is 28.9 Å². The average molecular weight is 343 g/mol. The molecule has 2 rings (SSSR count). The number of non-ortho nitro benzene ring substituents is 1.